The van der Waals surface area contributed by atoms with Crippen molar-refractivity contribution in [3.8, 4) is 0 Å². The third-order valence-corrected chi connectivity index (χ3v) is 4.28. The zero-order valence-corrected chi connectivity index (χ0v) is 8.84. The predicted octanol–water partition coefficient (Wildman–Crippen LogP) is 2.21. The predicted molar refractivity (Wildman–Crippen MR) is 57.5 cm³/mol. The molecule has 0 amide bonds. The molecule has 0 aromatic rings. The van der Waals surface area contributed by atoms with Crippen molar-refractivity contribution in [1.29, 1.82) is 0 Å². The number of allylic oxidation sites excluding steroid dienone is 2. The first-order valence-electron chi connectivity index (χ1n) is 6.10. The summed E-state index contributed by atoms with van der Waals surface area (Å²) in [6, 6.07) is 0.855. The standard InChI is InChI=1S/C12H20N2/c13-10-8-9-4-1-2-5-11(9)14-7-3-6-12(10)14/h9,11H,1-8,13H2. The summed E-state index contributed by atoms with van der Waals surface area (Å²) >= 11 is 0. The van der Waals surface area contributed by atoms with Crippen molar-refractivity contribution < 1.29 is 0 Å². The van der Waals surface area contributed by atoms with E-state index in [1.54, 1.807) is 0 Å². The van der Waals surface area contributed by atoms with E-state index in [1.165, 1.54) is 62.9 Å². The first-order valence-corrected chi connectivity index (χ1v) is 6.10. The van der Waals surface area contributed by atoms with Gasteiger partial charge in [0.2, 0.25) is 0 Å². The van der Waals surface area contributed by atoms with Gasteiger partial charge >= 0.3 is 0 Å². The zero-order chi connectivity index (χ0) is 9.54. The molecule has 2 heteroatoms. The van der Waals surface area contributed by atoms with Gasteiger partial charge in [0.05, 0.1) is 0 Å². The monoisotopic (exact) mass is 192 g/mol. The lowest BCUT2D eigenvalue weighted by molar-refractivity contribution is 0.133. The highest BCUT2D eigenvalue weighted by Gasteiger charge is 2.38. The van der Waals surface area contributed by atoms with Crippen molar-refractivity contribution in [2.24, 2.45) is 11.7 Å². The summed E-state index contributed by atoms with van der Waals surface area (Å²) < 4.78 is 0. The van der Waals surface area contributed by atoms with Gasteiger partial charge in [-0.15, -0.1) is 0 Å². The van der Waals surface area contributed by atoms with E-state index in [1.807, 2.05) is 0 Å². The van der Waals surface area contributed by atoms with Crippen LogP contribution in [0.1, 0.15) is 44.9 Å². The topological polar surface area (TPSA) is 29.3 Å². The van der Waals surface area contributed by atoms with Gasteiger partial charge < -0.3 is 10.6 Å². The van der Waals surface area contributed by atoms with E-state index in [0.717, 1.165) is 12.0 Å². The van der Waals surface area contributed by atoms with Crippen LogP contribution in [0.15, 0.2) is 11.4 Å². The number of nitrogens with zero attached hydrogens (tertiary/aromatic N) is 1. The Labute approximate surface area is 86.1 Å². The Morgan fingerprint density at radius 3 is 2.93 bits per heavy atom. The van der Waals surface area contributed by atoms with Crippen LogP contribution in [0.5, 0.6) is 0 Å². The lowest BCUT2D eigenvalue weighted by Gasteiger charge is -2.44. The summed E-state index contributed by atoms with van der Waals surface area (Å²) in [4.78, 5) is 2.64. The van der Waals surface area contributed by atoms with Gasteiger partial charge in [-0.25, -0.2) is 0 Å². The van der Waals surface area contributed by atoms with E-state index in [9.17, 15) is 0 Å². The van der Waals surface area contributed by atoms with E-state index >= 15 is 0 Å². The summed E-state index contributed by atoms with van der Waals surface area (Å²) in [6.07, 6.45) is 9.46. The molecule has 2 atom stereocenters. The fraction of sp³-hybridized carbons (Fsp3) is 0.833. The molecule has 0 spiro atoms. The molecule has 78 valence electrons. The molecule has 2 unspecified atom stereocenters. The van der Waals surface area contributed by atoms with Crippen LogP contribution in [-0.2, 0) is 0 Å². The highest BCUT2D eigenvalue weighted by Crippen LogP contribution is 2.41. The van der Waals surface area contributed by atoms with E-state index in [2.05, 4.69) is 4.90 Å². The molecule has 2 N–H and O–H groups in total. The van der Waals surface area contributed by atoms with E-state index in [-0.39, 0.29) is 0 Å². The van der Waals surface area contributed by atoms with Crippen molar-refractivity contribution in [3.05, 3.63) is 11.4 Å². The van der Waals surface area contributed by atoms with Crippen LogP contribution >= 0.6 is 0 Å². The molecule has 1 saturated heterocycles. The molecule has 0 aromatic heterocycles. The summed E-state index contributed by atoms with van der Waals surface area (Å²) in [5.74, 6) is 0.880. The molecule has 2 aliphatic heterocycles. The Morgan fingerprint density at radius 1 is 1.14 bits per heavy atom. The number of nitrogens with two attached hydrogens (primary N) is 1. The third kappa shape index (κ3) is 1.16. The normalized spacial score (nSPS) is 37.0. The van der Waals surface area contributed by atoms with Gasteiger partial charge in [0.15, 0.2) is 0 Å². The molecule has 3 rings (SSSR count). The van der Waals surface area contributed by atoms with Crippen LogP contribution in [0, 0.1) is 5.92 Å². The molecular weight excluding hydrogens is 172 g/mol. The lowest BCUT2D eigenvalue weighted by atomic mass is 9.78. The summed E-state index contributed by atoms with van der Waals surface area (Å²) in [5, 5.41) is 0. The minimum Gasteiger partial charge on any atom is -0.401 e. The molecule has 2 fully saturated rings. The fourth-order valence-corrected chi connectivity index (χ4v) is 3.64. The number of hydrogen-bond acceptors (Lipinski definition) is 2. The maximum absolute atomic E-state index is 6.16. The van der Waals surface area contributed by atoms with Gasteiger partial charge in [0.1, 0.15) is 0 Å². The smallest absolute Gasteiger partial charge is 0.0326 e. The molecule has 0 bridgehead atoms. The van der Waals surface area contributed by atoms with Crippen LogP contribution in [0.25, 0.3) is 0 Å². The Morgan fingerprint density at radius 2 is 2.00 bits per heavy atom. The number of rotatable bonds is 0. The Bertz CT molecular complexity index is 269. The SMILES string of the molecule is NC1=C2CCCN2C2CCCCC2C1. The van der Waals surface area contributed by atoms with Crippen LogP contribution in [0.4, 0.5) is 0 Å². The van der Waals surface area contributed by atoms with Crippen molar-refractivity contribution in [2.45, 2.75) is 51.0 Å². The van der Waals surface area contributed by atoms with Gasteiger partial charge in [0.25, 0.3) is 0 Å². The van der Waals surface area contributed by atoms with Gasteiger partial charge in [-0.3, -0.25) is 0 Å². The molecule has 0 radical (unpaired) electrons. The van der Waals surface area contributed by atoms with Gasteiger partial charge in [-0.1, -0.05) is 12.8 Å². The lowest BCUT2D eigenvalue weighted by Crippen LogP contribution is -2.44. The molecule has 1 saturated carbocycles. The first-order chi connectivity index (χ1) is 6.86. The second-order valence-corrected chi connectivity index (χ2v) is 5.08. The number of hydrogen-bond donors (Lipinski definition) is 1. The van der Waals surface area contributed by atoms with E-state index < -0.39 is 0 Å². The van der Waals surface area contributed by atoms with Crippen molar-refractivity contribution in [1.82, 2.24) is 4.90 Å². The molecule has 14 heavy (non-hydrogen) atoms. The molecule has 1 aliphatic carbocycles. The second kappa shape index (κ2) is 3.18. The van der Waals surface area contributed by atoms with Crippen LogP contribution in [-0.4, -0.2) is 17.5 Å². The molecule has 2 heterocycles. The average Bonchev–Trinajstić information content (AvgIpc) is 2.67. The van der Waals surface area contributed by atoms with Crippen molar-refractivity contribution in [2.75, 3.05) is 6.54 Å². The Balaban J connectivity index is 1.91. The van der Waals surface area contributed by atoms with Crippen molar-refractivity contribution in [3.63, 3.8) is 0 Å². The summed E-state index contributed by atoms with van der Waals surface area (Å²) in [5.41, 5.74) is 8.89. The molecule has 2 nitrogen and oxygen atoms in total. The highest BCUT2D eigenvalue weighted by atomic mass is 15.2. The largest absolute Gasteiger partial charge is 0.401 e. The van der Waals surface area contributed by atoms with Gasteiger partial charge in [-0.2, -0.15) is 0 Å². The maximum atomic E-state index is 6.16. The van der Waals surface area contributed by atoms with E-state index in [0.29, 0.717) is 0 Å². The molecule has 3 aliphatic rings. The number of fused-ring (bicyclic) bond motifs is 3. The quantitative estimate of drug-likeness (QED) is 0.637. The maximum Gasteiger partial charge on any atom is 0.0326 e. The minimum atomic E-state index is 0.855. The fourth-order valence-electron chi connectivity index (χ4n) is 3.64. The van der Waals surface area contributed by atoms with Crippen LogP contribution in [0.2, 0.25) is 0 Å². The highest BCUT2D eigenvalue weighted by molar-refractivity contribution is 5.20. The summed E-state index contributed by atoms with van der Waals surface area (Å²) in [6.45, 7) is 1.27. The average molecular weight is 192 g/mol. The van der Waals surface area contributed by atoms with Crippen LogP contribution in [0.3, 0.4) is 0 Å². The Hall–Kier alpha value is -0.660. The molecule has 0 aromatic carbocycles. The molecular formula is C12H20N2. The Kier molecular flexibility index (Phi) is 1.96. The minimum absolute atomic E-state index is 0.855. The third-order valence-electron chi connectivity index (χ3n) is 4.28. The van der Waals surface area contributed by atoms with E-state index in [4.69, 9.17) is 5.73 Å². The zero-order valence-electron chi connectivity index (χ0n) is 8.84. The van der Waals surface area contributed by atoms with Crippen molar-refractivity contribution >= 4 is 0 Å². The van der Waals surface area contributed by atoms with Crippen LogP contribution < -0.4 is 5.73 Å². The second-order valence-electron chi connectivity index (χ2n) is 5.08. The summed E-state index contributed by atoms with van der Waals surface area (Å²) in [7, 11) is 0. The first kappa shape index (κ1) is 8.63. The van der Waals surface area contributed by atoms with Gasteiger partial charge in [-0.05, 0) is 38.0 Å². The van der Waals surface area contributed by atoms with Gasteiger partial charge in [0, 0.05) is 24.0 Å².